The van der Waals surface area contributed by atoms with Crippen LogP contribution in [0.5, 0.6) is 0 Å². The largest absolute Gasteiger partial charge is 0.483 e. The number of pyridine rings is 1. The lowest BCUT2D eigenvalue weighted by atomic mass is 9.95. The third-order valence-corrected chi connectivity index (χ3v) is 6.12. The fourth-order valence-electron chi connectivity index (χ4n) is 4.40. The van der Waals surface area contributed by atoms with Gasteiger partial charge in [-0.05, 0) is 60.9 Å². The highest BCUT2D eigenvalue weighted by Crippen LogP contribution is 2.22. The number of carbonyl (C=O) groups excluding carboxylic acids is 1. The normalized spacial score (nSPS) is 19.4. The molecule has 32 heavy (non-hydrogen) atoms. The Bertz CT molecular complexity index is 823. The molecule has 1 aromatic carbocycles. The molecule has 1 aromatic heterocycles. The van der Waals surface area contributed by atoms with Gasteiger partial charge in [-0.1, -0.05) is 30.3 Å². The summed E-state index contributed by atoms with van der Waals surface area (Å²) < 4.78 is 5.36. The van der Waals surface area contributed by atoms with Crippen LogP contribution >= 0.6 is 0 Å². The molecule has 2 N–H and O–H groups in total. The Morgan fingerprint density at radius 2 is 1.91 bits per heavy atom. The Balaban J connectivity index is 0.000000913. The van der Waals surface area contributed by atoms with Crippen molar-refractivity contribution >= 4 is 12.4 Å². The van der Waals surface area contributed by atoms with Crippen LogP contribution in [0.25, 0.3) is 11.1 Å². The van der Waals surface area contributed by atoms with Crippen LogP contribution in [0.4, 0.5) is 0 Å². The van der Waals surface area contributed by atoms with E-state index in [0.29, 0.717) is 5.92 Å². The van der Waals surface area contributed by atoms with Crippen LogP contribution in [-0.2, 0) is 20.9 Å². The van der Waals surface area contributed by atoms with Gasteiger partial charge in [-0.25, -0.2) is 0 Å². The number of ether oxygens (including phenoxy) is 1. The Hall–Kier alpha value is -2.77. The van der Waals surface area contributed by atoms with Gasteiger partial charge in [-0.15, -0.1) is 0 Å². The number of rotatable bonds is 6. The monoisotopic (exact) mass is 439 g/mol. The number of hydrogen-bond donors (Lipinski definition) is 2. The van der Waals surface area contributed by atoms with Gasteiger partial charge in [0.2, 0.25) is 5.91 Å². The van der Waals surface area contributed by atoms with Crippen molar-refractivity contribution in [1.82, 2.24) is 15.2 Å². The number of amides is 1. The summed E-state index contributed by atoms with van der Waals surface area (Å²) in [4.78, 5) is 27.5. The summed E-state index contributed by atoms with van der Waals surface area (Å²) in [7, 11) is 0. The predicted molar refractivity (Wildman–Crippen MR) is 123 cm³/mol. The highest BCUT2D eigenvalue weighted by Gasteiger charge is 2.24. The van der Waals surface area contributed by atoms with Crippen molar-refractivity contribution in [2.24, 2.45) is 11.8 Å². The molecule has 2 saturated heterocycles. The molecule has 1 amide bonds. The molecule has 2 aliphatic heterocycles. The first-order valence-electron chi connectivity index (χ1n) is 11.3. The van der Waals surface area contributed by atoms with E-state index in [1.165, 1.54) is 24.0 Å². The predicted octanol–water partition coefficient (Wildman–Crippen LogP) is 3.20. The summed E-state index contributed by atoms with van der Waals surface area (Å²) in [5.74, 6) is 0.903. The summed E-state index contributed by atoms with van der Waals surface area (Å²) in [6, 6.07) is 12.9. The molecule has 7 nitrogen and oxygen atoms in total. The number of nitrogens with zero attached hydrogens (tertiary/aromatic N) is 2. The van der Waals surface area contributed by atoms with E-state index in [0.717, 1.165) is 57.8 Å². The minimum atomic E-state index is -0.250. The van der Waals surface area contributed by atoms with Crippen molar-refractivity contribution in [3.63, 3.8) is 0 Å². The van der Waals surface area contributed by atoms with Gasteiger partial charge >= 0.3 is 0 Å². The van der Waals surface area contributed by atoms with Crippen molar-refractivity contribution in [2.75, 3.05) is 32.8 Å². The average Bonchev–Trinajstić information content (AvgIpc) is 2.85. The number of likely N-dealkylation sites (tertiary alicyclic amines) is 1. The molecule has 3 heterocycles. The van der Waals surface area contributed by atoms with Gasteiger partial charge in [-0.2, -0.15) is 0 Å². The van der Waals surface area contributed by atoms with E-state index in [4.69, 9.17) is 14.6 Å². The van der Waals surface area contributed by atoms with Crippen LogP contribution in [0.2, 0.25) is 0 Å². The summed E-state index contributed by atoms with van der Waals surface area (Å²) in [6.45, 7) is 5.14. The summed E-state index contributed by atoms with van der Waals surface area (Å²) >= 11 is 0. The molecule has 2 fully saturated rings. The standard InChI is InChI=1S/C24H31N3O2.CH2O2/c28-24(22-9-13-29-14-10-22)26-15-20-3-2-12-27(18-20)17-19-5-7-21(8-6-19)23-4-1-11-25-16-23;2-1-3/h1,4-8,11,16,20,22H,2-3,9-10,12-15,17-18H2,(H,26,28);1H,(H,2,3). The second-order valence-electron chi connectivity index (χ2n) is 8.42. The Kier molecular flexibility index (Phi) is 9.65. The maximum absolute atomic E-state index is 12.4. The number of nitrogens with one attached hydrogen (secondary N) is 1. The maximum atomic E-state index is 12.4. The highest BCUT2D eigenvalue weighted by atomic mass is 16.5. The molecule has 2 aliphatic rings. The Morgan fingerprint density at radius 1 is 1.16 bits per heavy atom. The van der Waals surface area contributed by atoms with E-state index in [-0.39, 0.29) is 18.3 Å². The van der Waals surface area contributed by atoms with Gasteiger partial charge in [0, 0.05) is 51.2 Å². The van der Waals surface area contributed by atoms with Crippen LogP contribution in [-0.4, -0.2) is 60.2 Å². The van der Waals surface area contributed by atoms with Gasteiger partial charge in [0.1, 0.15) is 0 Å². The molecule has 4 rings (SSSR count). The van der Waals surface area contributed by atoms with E-state index in [2.05, 4.69) is 45.5 Å². The number of carbonyl (C=O) groups is 2. The first-order valence-corrected chi connectivity index (χ1v) is 11.3. The molecule has 172 valence electrons. The lowest BCUT2D eigenvalue weighted by Crippen LogP contribution is -2.42. The Morgan fingerprint density at radius 3 is 2.59 bits per heavy atom. The summed E-state index contributed by atoms with van der Waals surface area (Å²) in [5.41, 5.74) is 3.69. The molecule has 0 saturated carbocycles. The van der Waals surface area contributed by atoms with Crippen molar-refractivity contribution in [3.8, 4) is 11.1 Å². The molecule has 7 heteroatoms. The highest BCUT2D eigenvalue weighted by molar-refractivity contribution is 5.78. The quantitative estimate of drug-likeness (QED) is 0.672. The van der Waals surface area contributed by atoms with Gasteiger partial charge in [-0.3, -0.25) is 19.5 Å². The van der Waals surface area contributed by atoms with E-state index in [1.807, 2.05) is 12.3 Å². The van der Waals surface area contributed by atoms with Crippen molar-refractivity contribution in [2.45, 2.75) is 32.2 Å². The molecule has 1 unspecified atom stereocenters. The maximum Gasteiger partial charge on any atom is 0.290 e. The number of benzene rings is 1. The molecular formula is C25H33N3O4. The first kappa shape index (κ1) is 23.9. The molecule has 2 aromatic rings. The second kappa shape index (κ2) is 12.9. The number of aromatic nitrogens is 1. The van der Waals surface area contributed by atoms with E-state index in [9.17, 15) is 4.79 Å². The van der Waals surface area contributed by atoms with Crippen molar-refractivity contribution < 1.29 is 19.4 Å². The number of piperidine rings is 1. The van der Waals surface area contributed by atoms with Crippen LogP contribution in [0, 0.1) is 11.8 Å². The number of carboxylic acid groups (broad SMARTS) is 1. The third kappa shape index (κ3) is 7.43. The zero-order chi connectivity index (χ0) is 22.6. The average molecular weight is 440 g/mol. The minimum absolute atomic E-state index is 0.141. The van der Waals surface area contributed by atoms with E-state index >= 15 is 0 Å². The zero-order valence-corrected chi connectivity index (χ0v) is 18.5. The molecule has 0 radical (unpaired) electrons. The summed E-state index contributed by atoms with van der Waals surface area (Å²) in [5, 5.41) is 10.1. The molecular weight excluding hydrogens is 406 g/mol. The van der Waals surface area contributed by atoms with Crippen LogP contribution in [0.15, 0.2) is 48.8 Å². The molecule has 1 atom stereocenters. The fourth-order valence-corrected chi connectivity index (χ4v) is 4.40. The second-order valence-corrected chi connectivity index (χ2v) is 8.42. The van der Waals surface area contributed by atoms with Crippen LogP contribution in [0.3, 0.4) is 0 Å². The van der Waals surface area contributed by atoms with Crippen LogP contribution in [0.1, 0.15) is 31.2 Å². The van der Waals surface area contributed by atoms with Crippen molar-refractivity contribution in [1.29, 1.82) is 0 Å². The van der Waals surface area contributed by atoms with Gasteiger partial charge in [0.15, 0.2) is 0 Å². The number of hydrogen-bond acceptors (Lipinski definition) is 5. The lowest BCUT2D eigenvalue weighted by Gasteiger charge is -2.33. The van der Waals surface area contributed by atoms with E-state index < -0.39 is 0 Å². The van der Waals surface area contributed by atoms with Gasteiger partial charge in [0.05, 0.1) is 0 Å². The van der Waals surface area contributed by atoms with Gasteiger partial charge in [0.25, 0.3) is 6.47 Å². The molecule has 0 aliphatic carbocycles. The van der Waals surface area contributed by atoms with Gasteiger partial charge < -0.3 is 15.2 Å². The molecule has 0 bridgehead atoms. The molecule has 0 spiro atoms. The Labute approximate surface area is 189 Å². The minimum Gasteiger partial charge on any atom is -0.483 e. The first-order chi connectivity index (χ1) is 15.7. The summed E-state index contributed by atoms with van der Waals surface area (Å²) in [6.07, 6.45) is 7.82. The third-order valence-electron chi connectivity index (χ3n) is 6.12. The lowest BCUT2D eigenvalue weighted by molar-refractivity contribution is -0.128. The zero-order valence-electron chi connectivity index (χ0n) is 18.5. The smallest absolute Gasteiger partial charge is 0.290 e. The van der Waals surface area contributed by atoms with E-state index in [1.54, 1.807) is 6.20 Å². The van der Waals surface area contributed by atoms with Crippen LogP contribution < -0.4 is 5.32 Å². The SMILES string of the molecule is O=C(NCC1CCCN(Cc2ccc(-c3cccnc3)cc2)C1)C1CCOCC1.O=CO. The topological polar surface area (TPSA) is 91.8 Å². The fraction of sp³-hybridized carbons (Fsp3) is 0.480. The van der Waals surface area contributed by atoms with Crippen molar-refractivity contribution in [3.05, 3.63) is 54.4 Å².